The van der Waals surface area contributed by atoms with Crippen molar-refractivity contribution >= 4 is 61.7 Å². The van der Waals surface area contributed by atoms with Crippen molar-refractivity contribution in [1.82, 2.24) is 5.32 Å². The van der Waals surface area contributed by atoms with E-state index in [-0.39, 0.29) is 6.04 Å². The Kier molecular flexibility index (Phi) is 6.81. The Morgan fingerprint density at radius 1 is 1.24 bits per heavy atom. The van der Waals surface area contributed by atoms with Gasteiger partial charge < -0.3 is 5.32 Å². The van der Waals surface area contributed by atoms with Crippen LogP contribution in [0.3, 0.4) is 0 Å². The van der Waals surface area contributed by atoms with Crippen LogP contribution in [-0.2, 0) is 6.42 Å². The fourth-order valence-corrected chi connectivity index (χ4v) is 3.68. The quantitative estimate of drug-likeness (QED) is 0.480. The molecule has 2 aromatic carbocycles. The molecule has 0 aliphatic heterocycles. The lowest BCUT2D eigenvalue weighted by Crippen LogP contribution is -2.23. The molecular formula is C16H15BrCl2IN. The zero-order valence-electron chi connectivity index (χ0n) is 11.5. The molecule has 0 amide bonds. The van der Waals surface area contributed by atoms with Gasteiger partial charge in [0.05, 0.1) is 10.0 Å². The van der Waals surface area contributed by atoms with Crippen molar-refractivity contribution in [3.63, 3.8) is 0 Å². The zero-order valence-corrected chi connectivity index (χ0v) is 16.7. The van der Waals surface area contributed by atoms with Crippen LogP contribution in [0, 0.1) is 3.57 Å². The van der Waals surface area contributed by atoms with Crippen LogP contribution in [0.25, 0.3) is 0 Å². The van der Waals surface area contributed by atoms with Crippen molar-refractivity contribution in [3.05, 3.63) is 65.6 Å². The number of benzene rings is 2. The maximum absolute atomic E-state index is 6.32. The van der Waals surface area contributed by atoms with Crippen LogP contribution in [0.15, 0.2) is 40.9 Å². The molecule has 2 aromatic rings. The van der Waals surface area contributed by atoms with Crippen molar-refractivity contribution in [2.45, 2.75) is 19.4 Å². The third kappa shape index (κ3) is 4.58. The molecule has 0 radical (unpaired) electrons. The highest BCUT2D eigenvalue weighted by Gasteiger charge is 2.17. The highest BCUT2D eigenvalue weighted by atomic mass is 127. The number of halogens is 4. The molecule has 2 rings (SSSR count). The van der Waals surface area contributed by atoms with Gasteiger partial charge in [0.25, 0.3) is 0 Å². The van der Waals surface area contributed by atoms with Crippen LogP contribution in [0.2, 0.25) is 10.0 Å². The SMILES string of the molecule is CCNC(Cc1cccc(Cl)c1Cl)c1cc(I)ccc1Br. The molecule has 0 heterocycles. The number of nitrogens with one attached hydrogen (secondary N) is 1. The molecule has 112 valence electrons. The lowest BCUT2D eigenvalue weighted by molar-refractivity contribution is 0.548. The summed E-state index contributed by atoms with van der Waals surface area (Å²) in [4.78, 5) is 0. The van der Waals surface area contributed by atoms with Gasteiger partial charge in [-0.15, -0.1) is 0 Å². The molecule has 1 nitrogen and oxygen atoms in total. The lowest BCUT2D eigenvalue weighted by atomic mass is 9.99. The summed E-state index contributed by atoms with van der Waals surface area (Å²) in [7, 11) is 0. The summed E-state index contributed by atoms with van der Waals surface area (Å²) in [6.45, 7) is 3.00. The monoisotopic (exact) mass is 497 g/mol. The zero-order chi connectivity index (χ0) is 15.4. The first-order valence-corrected chi connectivity index (χ1v) is 9.27. The van der Waals surface area contributed by atoms with Crippen LogP contribution in [0.4, 0.5) is 0 Å². The Morgan fingerprint density at radius 2 is 2.00 bits per heavy atom. The highest BCUT2D eigenvalue weighted by Crippen LogP contribution is 2.32. The van der Waals surface area contributed by atoms with E-state index >= 15 is 0 Å². The molecule has 21 heavy (non-hydrogen) atoms. The first-order valence-electron chi connectivity index (χ1n) is 6.64. The van der Waals surface area contributed by atoms with Gasteiger partial charge in [0, 0.05) is 14.1 Å². The summed E-state index contributed by atoms with van der Waals surface area (Å²) >= 11 is 18.4. The maximum atomic E-state index is 6.32. The normalized spacial score (nSPS) is 12.4. The van der Waals surface area contributed by atoms with Gasteiger partial charge in [0.2, 0.25) is 0 Å². The second-order valence-corrected chi connectivity index (χ2v) is 7.58. The second-order valence-electron chi connectivity index (χ2n) is 4.69. The third-order valence-electron chi connectivity index (χ3n) is 3.24. The molecule has 0 aliphatic rings. The Balaban J connectivity index is 2.35. The van der Waals surface area contributed by atoms with E-state index in [0.29, 0.717) is 10.0 Å². The molecule has 0 saturated carbocycles. The van der Waals surface area contributed by atoms with Crippen LogP contribution in [-0.4, -0.2) is 6.54 Å². The van der Waals surface area contributed by atoms with E-state index in [9.17, 15) is 0 Å². The molecule has 0 bridgehead atoms. The van der Waals surface area contributed by atoms with Crippen LogP contribution in [0.1, 0.15) is 24.1 Å². The molecule has 0 saturated heterocycles. The average Bonchev–Trinajstić information content (AvgIpc) is 2.46. The second kappa shape index (κ2) is 8.16. The minimum absolute atomic E-state index is 0.190. The number of hydrogen-bond acceptors (Lipinski definition) is 1. The number of likely N-dealkylation sites (N-methyl/N-ethyl adjacent to an activating group) is 1. The summed E-state index contributed by atoms with van der Waals surface area (Å²) in [5, 5.41) is 4.77. The van der Waals surface area contributed by atoms with E-state index in [0.717, 1.165) is 23.0 Å². The smallest absolute Gasteiger partial charge is 0.0624 e. The van der Waals surface area contributed by atoms with E-state index in [4.69, 9.17) is 23.2 Å². The molecule has 1 N–H and O–H groups in total. The van der Waals surface area contributed by atoms with E-state index in [1.54, 1.807) is 0 Å². The van der Waals surface area contributed by atoms with Gasteiger partial charge in [-0.05, 0) is 70.9 Å². The van der Waals surface area contributed by atoms with Crippen molar-refractivity contribution in [2.75, 3.05) is 6.54 Å². The Bertz CT molecular complexity index is 634. The first-order chi connectivity index (χ1) is 10.0. The summed E-state index contributed by atoms with van der Waals surface area (Å²) in [5.41, 5.74) is 2.29. The predicted molar refractivity (Wildman–Crippen MR) is 103 cm³/mol. The molecule has 0 aromatic heterocycles. The van der Waals surface area contributed by atoms with Crippen LogP contribution < -0.4 is 5.32 Å². The molecule has 1 atom stereocenters. The van der Waals surface area contributed by atoms with E-state index in [2.05, 4.69) is 69.0 Å². The Labute approximate surface area is 157 Å². The van der Waals surface area contributed by atoms with Gasteiger partial charge in [-0.2, -0.15) is 0 Å². The molecule has 0 fully saturated rings. The maximum Gasteiger partial charge on any atom is 0.0624 e. The largest absolute Gasteiger partial charge is 0.310 e. The van der Waals surface area contributed by atoms with Gasteiger partial charge in [0.15, 0.2) is 0 Å². The van der Waals surface area contributed by atoms with Gasteiger partial charge in [-0.25, -0.2) is 0 Å². The molecule has 0 aliphatic carbocycles. The molecule has 1 unspecified atom stereocenters. The Morgan fingerprint density at radius 3 is 2.71 bits per heavy atom. The van der Waals surface area contributed by atoms with E-state index in [1.807, 2.05) is 18.2 Å². The predicted octanol–water partition coefficient (Wildman–Crippen LogP) is 6.25. The Hall–Kier alpha value is 0.190. The summed E-state index contributed by atoms with van der Waals surface area (Å²) in [6, 6.07) is 12.3. The van der Waals surface area contributed by atoms with Crippen molar-refractivity contribution in [1.29, 1.82) is 0 Å². The summed E-state index contributed by atoms with van der Waals surface area (Å²) in [6.07, 6.45) is 0.798. The molecular weight excluding hydrogens is 484 g/mol. The average molecular weight is 499 g/mol. The highest BCUT2D eigenvalue weighted by molar-refractivity contribution is 14.1. The summed E-state index contributed by atoms with van der Waals surface area (Å²) in [5.74, 6) is 0. The van der Waals surface area contributed by atoms with Crippen LogP contribution in [0.5, 0.6) is 0 Å². The van der Waals surface area contributed by atoms with Gasteiger partial charge in [-0.1, -0.05) is 58.2 Å². The first kappa shape index (κ1) is 17.5. The minimum atomic E-state index is 0.190. The summed E-state index contributed by atoms with van der Waals surface area (Å²) < 4.78 is 2.32. The topological polar surface area (TPSA) is 12.0 Å². The fourth-order valence-electron chi connectivity index (χ4n) is 2.25. The number of rotatable bonds is 5. The van der Waals surface area contributed by atoms with Gasteiger partial charge in [-0.3, -0.25) is 0 Å². The van der Waals surface area contributed by atoms with Crippen molar-refractivity contribution < 1.29 is 0 Å². The fraction of sp³-hybridized carbons (Fsp3) is 0.250. The number of hydrogen-bond donors (Lipinski definition) is 1. The lowest BCUT2D eigenvalue weighted by Gasteiger charge is -2.21. The van der Waals surface area contributed by atoms with Gasteiger partial charge in [0.1, 0.15) is 0 Å². The van der Waals surface area contributed by atoms with Crippen molar-refractivity contribution in [2.24, 2.45) is 0 Å². The minimum Gasteiger partial charge on any atom is -0.310 e. The molecule has 0 spiro atoms. The van der Waals surface area contributed by atoms with Gasteiger partial charge >= 0.3 is 0 Å². The standard InChI is InChI=1S/C16H15BrCl2IN/c1-2-21-15(12-9-11(20)6-7-13(12)17)8-10-4-3-5-14(18)16(10)19/h3-7,9,15,21H,2,8H2,1H3. The molecule has 5 heteroatoms. The third-order valence-corrected chi connectivity index (χ3v) is 5.49. The van der Waals surface area contributed by atoms with Crippen molar-refractivity contribution in [3.8, 4) is 0 Å². The van der Waals surface area contributed by atoms with E-state index in [1.165, 1.54) is 9.13 Å². The van der Waals surface area contributed by atoms with E-state index < -0.39 is 0 Å². The van der Waals surface area contributed by atoms with Crippen LogP contribution >= 0.6 is 61.7 Å².